The Kier molecular flexibility index (Phi) is 9.03. The molecule has 9 heteroatoms. The van der Waals surface area contributed by atoms with Crippen molar-refractivity contribution in [2.75, 3.05) is 23.7 Å². The molecule has 0 unspecified atom stereocenters. The van der Waals surface area contributed by atoms with Crippen LogP contribution in [0.25, 0.3) is 5.69 Å². The van der Waals surface area contributed by atoms with Crippen LogP contribution in [0.1, 0.15) is 52.3 Å². The lowest BCUT2D eigenvalue weighted by molar-refractivity contribution is -0.116. The van der Waals surface area contributed by atoms with Crippen LogP contribution in [-0.2, 0) is 16.6 Å². The average Bonchev–Trinajstić information content (AvgIpc) is 3.25. The fourth-order valence-corrected chi connectivity index (χ4v) is 3.89. The first-order valence-electron chi connectivity index (χ1n) is 12.0. The van der Waals surface area contributed by atoms with Gasteiger partial charge in [-0.15, -0.1) is 0 Å². The van der Waals surface area contributed by atoms with Crippen molar-refractivity contribution in [2.45, 2.75) is 52.9 Å². The van der Waals surface area contributed by atoms with E-state index in [1.807, 2.05) is 58.0 Å². The summed E-state index contributed by atoms with van der Waals surface area (Å²) in [5.74, 6) is 0.151. The van der Waals surface area contributed by atoms with Crippen LogP contribution < -0.4 is 10.6 Å². The largest absolute Gasteiger partial charge is 0.322 e. The first kappa shape index (κ1) is 27.6. The number of rotatable bonds is 8. The van der Waals surface area contributed by atoms with Gasteiger partial charge in [-0.1, -0.05) is 70.0 Å². The number of benzene rings is 2. The normalized spacial score (nSPS) is 11.3. The number of nitrogens with one attached hydrogen (secondary N) is 2. The molecule has 0 spiro atoms. The van der Waals surface area contributed by atoms with Crippen LogP contribution in [0.4, 0.5) is 16.3 Å². The fourth-order valence-electron chi connectivity index (χ4n) is 3.60. The molecule has 3 amide bonds. The van der Waals surface area contributed by atoms with Gasteiger partial charge in [-0.3, -0.25) is 4.79 Å². The number of carbonyl (C=O) groups is 2. The molecular formula is C27H33Cl2N5O2. The molecule has 192 valence electrons. The molecule has 0 saturated heterocycles. The first-order chi connectivity index (χ1) is 17.0. The number of anilines is 2. The Morgan fingerprint density at radius 3 is 2.39 bits per heavy atom. The molecule has 0 saturated carbocycles. The molecule has 2 aromatic carbocycles. The van der Waals surface area contributed by atoms with E-state index < -0.39 is 0 Å². The second kappa shape index (κ2) is 11.8. The fraction of sp³-hybridized carbons (Fsp3) is 0.370. The highest BCUT2D eigenvalue weighted by Gasteiger charge is 2.23. The van der Waals surface area contributed by atoms with Crippen LogP contribution >= 0.6 is 23.2 Å². The summed E-state index contributed by atoms with van der Waals surface area (Å²) in [5, 5.41) is 11.4. The third kappa shape index (κ3) is 7.02. The number of halogens is 2. The van der Waals surface area contributed by atoms with E-state index in [2.05, 4.69) is 17.6 Å². The van der Waals surface area contributed by atoms with E-state index in [0.717, 1.165) is 17.7 Å². The number of amides is 3. The van der Waals surface area contributed by atoms with E-state index >= 15 is 0 Å². The molecule has 0 atom stereocenters. The van der Waals surface area contributed by atoms with E-state index in [9.17, 15) is 9.59 Å². The van der Waals surface area contributed by atoms with Gasteiger partial charge in [-0.25, -0.2) is 9.48 Å². The topological polar surface area (TPSA) is 79.3 Å². The maximum Gasteiger partial charge on any atom is 0.322 e. The summed E-state index contributed by atoms with van der Waals surface area (Å²) in [5.41, 5.74) is 3.03. The Morgan fingerprint density at radius 2 is 1.75 bits per heavy atom. The summed E-state index contributed by atoms with van der Waals surface area (Å²) < 4.78 is 1.63. The smallest absolute Gasteiger partial charge is 0.315 e. The van der Waals surface area contributed by atoms with Crippen LogP contribution in [0.2, 0.25) is 10.0 Å². The van der Waals surface area contributed by atoms with Crippen LogP contribution in [0, 0.1) is 0 Å². The highest BCUT2D eigenvalue weighted by molar-refractivity contribution is 6.42. The van der Waals surface area contributed by atoms with E-state index in [4.69, 9.17) is 28.3 Å². The molecule has 3 rings (SSSR count). The number of hydrogen-bond donors (Lipinski definition) is 2. The van der Waals surface area contributed by atoms with Crippen LogP contribution in [0.3, 0.4) is 0 Å². The van der Waals surface area contributed by atoms with Gasteiger partial charge < -0.3 is 15.5 Å². The van der Waals surface area contributed by atoms with Gasteiger partial charge in [0.05, 0.1) is 21.4 Å². The summed E-state index contributed by atoms with van der Waals surface area (Å²) in [7, 11) is 0. The number of hydrogen-bond acceptors (Lipinski definition) is 3. The molecular weight excluding hydrogens is 497 g/mol. The Hall–Kier alpha value is -3.03. The highest BCUT2D eigenvalue weighted by atomic mass is 35.5. The van der Waals surface area contributed by atoms with Crippen molar-refractivity contribution < 1.29 is 9.59 Å². The van der Waals surface area contributed by atoms with Crippen molar-refractivity contribution in [3.05, 3.63) is 69.8 Å². The van der Waals surface area contributed by atoms with Gasteiger partial charge in [-0.2, -0.15) is 5.10 Å². The summed E-state index contributed by atoms with van der Waals surface area (Å²) >= 11 is 12.3. The number of nitrogens with zero attached hydrogens (tertiary/aromatic N) is 3. The lowest BCUT2D eigenvalue weighted by Crippen LogP contribution is -2.41. The SMILES string of the molecule is CCCN(CC(=O)Nc1cc(C(C)(C)C)nn1-c1ccc(Cl)c(Cl)c1)C(=O)Nc1cccc(CC)c1. The highest BCUT2D eigenvalue weighted by Crippen LogP contribution is 2.29. The van der Waals surface area contributed by atoms with Gasteiger partial charge in [0, 0.05) is 23.7 Å². The number of aryl methyl sites for hydroxylation is 1. The van der Waals surface area contributed by atoms with Gasteiger partial charge in [-0.05, 0) is 48.7 Å². The molecule has 1 heterocycles. The first-order valence-corrected chi connectivity index (χ1v) is 12.8. The van der Waals surface area contributed by atoms with Crippen molar-refractivity contribution in [1.82, 2.24) is 14.7 Å². The van der Waals surface area contributed by atoms with Gasteiger partial charge in [0.1, 0.15) is 12.4 Å². The molecule has 0 radical (unpaired) electrons. The Labute approximate surface area is 222 Å². The van der Waals surface area contributed by atoms with Crippen molar-refractivity contribution in [1.29, 1.82) is 0 Å². The Bertz CT molecular complexity index is 1230. The van der Waals surface area contributed by atoms with E-state index in [1.54, 1.807) is 22.9 Å². The third-order valence-electron chi connectivity index (χ3n) is 5.59. The summed E-state index contributed by atoms with van der Waals surface area (Å²) in [6.45, 7) is 10.5. The zero-order valence-corrected chi connectivity index (χ0v) is 22.9. The zero-order chi connectivity index (χ0) is 26.5. The number of urea groups is 1. The summed E-state index contributed by atoms with van der Waals surface area (Å²) in [6, 6.07) is 14.4. The second-order valence-electron chi connectivity index (χ2n) is 9.63. The minimum atomic E-state index is -0.331. The molecule has 2 N–H and O–H groups in total. The Morgan fingerprint density at radius 1 is 1.00 bits per heavy atom. The molecule has 0 bridgehead atoms. The molecule has 1 aromatic heterocycles. The van der Waals surface area contributed by atoms with Crippen LogP contribution in [0.5, 0.6) is 0 Å². The Balaban J connectivity index is 1.81. The maximum atomic E-state index is 13.1. The summed E-state index contributed by atoms with van der Waals surface area (Å²) in [4.78, 5) is 27.6. The van der Waals surface area contributed by atoms with E-state index in [1.165, 1.54) is 4.90 Å². The predicted molar refractivity (Wildman–Crippen MR) is 148 cm³/mol. The lowest BCUT2D eigenvalue weighted by atomic mass is 9.92. The molecule has 0 aliphatic carbocycles. The summed E-state index contributed by atoms with van der Waals surface area (Å²) in [6.07, 6.45) is 1.58. The van der Waals surface area contributed by atoms with Gasteiger partial charge in [0.15, 0.2) is 0 Å². The predicted octanol–water partition coefficient (Wildman–Crippen LogP) is 6.92. The molecule has 3 aromatic rings. The van der Waals surface area contributed by atoms with Gasteiger partial charge in [0.25, 0.3) is 0 Å². The third-order valence-corrected chi connectivity index (χ3v) is 6.33. The standard InChI is InChI=1S/C27H33Cl2N5O2/c1-6-13-33(26(36)30-19-10-8-9-18(7-2)14-19)17-25(35)31-24-16-23(27(3,4)5)32-34(24)20-11-12-21(28)22(29)15-20/h8-12,14-16H,6-7,13,17H2,1-5H3,(H,30,36)(H,31,35). The molecule has 7 nitrogen and oxygen atoms in total. The molecule has 0 aliphatic rings. The van der Waals surface area contributed by atoms with E-state index in [0.29, 0.717) is 40.2 Å². The van der Waals surface area contributed by atoms with Crippen molar-refractivity contribution in [3.8, 4) is 5.69 Å². The van der Waals surface area contributed by atoms with Crippen molar-refractivity contribution in [2.24, 2.45) is 0 Å². The maximum absolute atomic E-state index is 13.1. The molecule has 36 heavy (non-hydrogen) atoms. The van der Waals surface area contributed by atoms with Gasteiger partial charge in [0.2, 0.25) is 5.91 Å². The van der Waals surface area contributed by atoms with E-state index in [-0.39, 0.29) is 23.9 Å². The number of carbonyl (C=O) groups excluding carboxylic acids is 2. The minimum Gasteiger partial charge on any atom is -0.315 e. The second-order valence-corrected chi connectivity index (χ2v) is 10.4. The number of aromatic nitrogens is 2. The average molecular weight is 531 g/mol. The van der Waals surface area contributed by atoms with Crippen LogP contribution in [0.15, 0.2) is 48.5 Å². The zero-order valence-electron chi connectivity index (χ0n) is 21.4. The molecule has 0 fully saturated rings. The molecule has 0 aliphatic heterocycles. The quantitative estimate of drug-likeness (QED) is 0.332. The van der Waals surface area contributed by atoms with Gasteiger partial charge >= 0.3 is 6.03 Å². The van der Waals surface area contributed by atoms with Crippen LogP contribution in [-0.4, -0.2) is 39.7 Å². The minimum absolute atomic E-state index is 0.107. The monoisotopic (exact) mass is 529 g/mol. The lowest BCUT2D eigenvalue weighted by Gasteiger charge is -2.22. The van der Waals surface area contributed by atoms with Crippen molar-refractivity contribution in [3.63, 3.8) is 0 Å². The van der Waals surface area contributed by atoms with Crippen molar-refractivity contribution >= 4 is 46.6 Å².